The number of nitrogens with zero attached hydrogens (tertiary/aromatic N) is 3. The highest BCUT2D eigenvalue weighted by molar-refractivity contribution is 8.02. The van der Waals surface area contributed by atoms with Crippen molar-refractivity contribution in [2.24, 2.45) is 0 Å². The summed E-state index contributed by atoms with van der Waals surface area (Å²) >= 11 is 4.42. The zero-order valence-corrected chi connectivity index (χ0v) is 16.6. The molecule has 0 aliphatic rings. The number of hydrogen-bond acceptors (Lipinski definition) is 8. The van der Waals surface area contributed by atoms with Gasteiger partial charge >= 0.3 is 0 Å². The molecule has 0 saturated carbocycles. The van der Waals surface area contributed by atoms with Gasteiger partial charge in [-0.15, -0.1) is 21.5 Å². The molecule has 2 heterocycles. The van der Waals surface area contributed by atoms with Gasteiger partial charge in [-0.25, -0.2) is 4.98 Å². The standard InChI is InChI=1S/C16H18N4O2S3/c1-4-12(14(21)18-15-20-19-9(3)23-15)24-16-17-11-7-6-10(22-5-2)8-13(11)25-16/h6-8,12H,4-5H2,1-3H3,(H,18,20,21). The Kier molecular flexibility index (Phi) is 5.87. The van der Waals surface area contributed by atoms with Crippen LogP contribution in [0.15, 0.2) is 22.5 Å². The van der Waals surface area contributed by atoms with E-state index in [9.17, 15) is 4.79 Å². The molecular formula is C16H18N4O2S3. The number of carbonyl (C=O) groups is 1. The molecule has 132 valence electrons. The molecule has 9 heteroatoms. The second-order valence-electron chi connectivity index (χ2n) is 5.17. The maximum atomic E-state index is 12.5. The van der Waals surface area contributed by atoms with E-state index < -0.39 is 0 Å². The lowest BCUT2D eigenvalue weighted by atomic mass is 10.3. The van der Waals surface area contributed by atoms with Gasteiger partial charge in [0.2, 0.25) is 11.0 Å². The Morgan fingerprint density at radius 1 is 1.32 bits per heavy atom. The highest BCUT2D eigenvalue weighted by Gasteiger charge is 2.21. The first-order valence-corrected chi connectivity index (χ1v) is 10.4. The minimum absolute atomic E-state index is 0.0714. The fourth-order valence-electron chi connectivity index (χ4n) is 2.17. The fraction of sp³-hybridized carbons (Fsp3) is 0.375. The molecule has 0 spiro atoms. The number of amides is 1. The first kappa shape index (κ1) is 18.1. The SMILES string of the molecule is CCOc1ccc2nc(SC(CC)C(=O)Nc3nnc(C)s3)sc2c1. The number of anilines is 1. The number of thiazole rings is 1. The van der Waals surface area contributed by atoms with E-state index in [1.54, 1.807) is 11.3 Å². The molecule has 0 fully saturated rings. The molecule has 1 aromatic carbocycles. The van der Waals surface area contributed by atoms with Gasteiger partial charge in [0.1, 0.15) is 10.8 Å². The van der Waals surface area contributed by atoms with Crippen LogP contribution in [0.4, 0.5) is 5.13 Å². The summed E-state index contributed by atoms with van der Waals surface area (Å²) in [6.07, 6.45) is 0.703. The Balaban J connectivity index is 1.72. The smallest absolute Gasteiger partial charge is 0.239 e. The number of thioether (sulfide) groups is 1. The van der Waals surface area contributed by atoms with Crippen LogP contribution in [0.5, 0.6) is 5.75 Å². The maximum absolute atomic E-state index is 12.5. The van der Waals surface area contributed by atoms with Crippen LogP contribution in [0.3, 0.4) is 0 Å². The molecule has 1 atom stereocenters. The van der Waals surface area contributed by atoms with Crippen molar-refractivity contribution >= 4 is 55.7 Å². The Labute approximate surface area is 158 Å². The van der Waals surface area contributed by atoms with Gasteiger partial charge in [0.05, 0.1) is 22.1 Å². The normalized spacial score (nSPS) is 12.3. The summed E-state index contributed by atoms with van der Waals surface area (Å²) in [7, 11) is 0. The third kappa shape index (κ3) is 4.47. The van der Waals surface area contributed by atoms with Crippen LogP contribution in [-0.2, 0) is 4.79 Å². The molecule has 6 nitrogen and oxygen atoms in total. The third-order valence-electron chi connectivity index (χ3n) is 3.31. The van der Waals surface area contributed by atoms with Crippen molar-refractivity contribution in [1.29, 1.82) is 0 Å². The maximum Gasteiger partial charge on any atom is 0.239 e. The second kappa shape index (κ2) is 8.11. The van der Waals surface area contributed by atoms with Crippen LogP contribution < -0.4 is 10.1 Å². The van der Waals surface area contributed by atoms with Crippen molar-refractivity contribution in [3.8, 4) is 5.75 Å². The molecule has 0 aliphatic heterocycles. The predicted octanol–water partition coefficient (Wildman–Crippen LogP) is 4.36. The molecule has 0 radical (unpaired) electrons. The molecule has 2 aromatic heterocycles. The minimum atomic E-state index is -0.226. The molecule has 1 unspecified atom stereocenters. The number of ether oxygens (including phenoxy) is 1. The van der Waals surface area contributed by atoms with Crippen molar-refractivity contribution in [3.63, 3.8) is 0 Å². The zero-order valence-electron chi connectivity index (χ0n) is 14.1. The zero-order chi connectivity index (χ0) is 17.8. The van der Waals surface area contributed by atoms with Crippen LogP contribution in [-0.4, -0.2) is 32.9 Å². The van der Waals surface area contributed by atoms with E-state index in [0.29, 0.717) is 18.2 Å². The van der Waals surface area contributed by atoms with Gasteiger partial charge in [-0.2, -0.15) is 0 Å². The highest BCUT2D eigenvalue weighted by Crippen LogP contribution is 2.35. The molecule has 0 saturated heterocycles. The molecular weight excluding hydrogens is 376 g/mol. The van der Waals surface area contributed by atoms with Crippen LogP contribution >= 0.6 is 34.4 Å². The first-order chi connectivity index (χ1) is 12.1. The lowest BCUT2D eigenvalue weighted by Gasteiger charge is -2.11. The number of fused-ring (bicyclic) bond motifs is 1. The summed E-state index contributed by atoms with van der Waals surface area (Å²) in [5.41, 5.74) is 0.922. The van der Waals surface area contributed by atoms with Gasteiger partial charge < -0.3 is 4.74 Å². The molecule has 1 amide bonds. The molecule has 0 aliphatic carbocycles. The van der Waals surface area contributed by atoms with Crippen molar-refractivity contribution < 1.29 is 9.53 Å². The Morgan fingerprint density at radius 3 is 2.84 bits per heavy atom. The lowest BCUT2D eigenvalue weighted by Crippen LogP contribution is -2.24. The van der Waals surface area contributed by atoms with Crippen molar-refractivity contribution in [1.82, 2.24) is 15.2 Å². The van der Waals surface area contributed by atoms with Gasteiger partial charge in [0.15, 0.2) is 4.34 Å². The van der Waals surface area contributed by atoms with Crippen LogP contribution in [0.1, 0.15) is 25.3 Å². The summed E-state index contributed by atoms with van der Waals surface area (Å²) in [5, 5.41) is 11.8. The van der Waals surface area contributed by atoms with Gasteiger partial charge in [0.25, 0.3) is 0 Å². The lowest BCUT2D eigenvalue weighted by molar-refractivity contribution is -0.115. The Bertz CT molecular complexity index is 877. The number of carbonyl (C=O) groups excluding carboxylic acids is 1. The van der Waals surface area contributed by atoms with Gasteiger partial charge in [-0.3, -0.25) is 10.1 Å². The van der Waals surface area contributed by atoms with Crippen LogP contribution in [0.25, 0.3) is 10.2 Å². The molecule has 1 N–H and O–H groups in total. The van der Waals surface area contributed by atoms with Gasteiger partial charge in [0, 0.05) is 0 Å². The van der Waals surface area contributed by atoms with Gasteiger partial charge in [-0.1, -0.05) is 30.0 Å². The second-order valence-corrected chi connectivity index (χ2v) is 8.83. The number of benzene rings is 1. The van der Waals surface area contributed by atoms with E-state index >= 15 is 0 Å². The average molecular weight is 395 g/mol. The number of aromatic nitrogens is 3. The first-order valence-electron chi connectivity index (χ1n) is 7.90. The molecule has 3 rings (SSSR count). The molecule has 0 bridgehead atoms. The van der Waals surface area contributed by atoms with E-state index in [1.807, 2.05) is 39.0 Å². The summed E-state index contributed by atoms with van der Waals surface area (Å²) < 4.78 is 7.46. The topological polar surface area (TPSA) is 77.0 Å². The quantitative estimate of drug-likeness (QED) is 0.600. The highest BCUT2D eigenvalue weighted by atomic mass is 32.2. The third-order valence-corrected chi connectivity index (χ3v) is 6.54. The summed E-state index contributed by atoms with van der Waals surface area (Å²) in [4.78, 5) is 17.1. The molecule has 3 aromatic rings. The van der Waals surface area contributed by atoms with Gasteiger partial charge in [-0.05, 0) is 38.5 Å². The Morgan fingerprint density at radius 2 is 2.16 bits per heavy atom. The number of aryl methyl sites for hydroxylation is 1. The van der Waals surface area contributed by atoms with E-state index in [1.165, 1.54) is 23.1 Å². The van der Waals surface area contributed by atoms with E-state index in [2.05, 4.69) is 20.5 Å². The number of nitrogens with one attached hydrogen (secondary N) is 1. The van der Waals surface area contributed by atoms with Crippen molar-refractivity contribution in [2.75, 3.05) is 11.9 Å². The fourth-order valence-corrected chi connectivity index (χ4v) is 5.03. The summed E-state index contributed by atoms with van der Waals surface area (Å²) in [5.74, 6) is 0.768. The van der Waals surface area contributed by atoms with Crippen LogP contribution in [0, 0.1) is 6.92 Å². The minimum Gasteiger partial charge on any atom is -0.494 e. The summed E-state index contributed by atoms with van der Waals surface area (Å²) in [6, 6.07) is 5.86. The largest absolute Gasteiger partial charge is 0.494 e. The predicted molar refractivity (Wildman–Crippen MR) is 104 cm³/mol. The summed E-state index contributed by atoms with van der Waals surface area (Å²) in [6.45, 7) is 6.44. The Hall–Kier alpha value is -1.71. The van der Waals surface area contributed by atoms with E-state index in [4.69, 9.17) is 4.74 Å². The molecule has 25 heavy (non-hydrogen) atoms. The van der Waals surface area contributed by atoms with Crippen molar-refractivity contribution in [2.45, 2.75) is 36.8 Å². The van der Waals surface area contributed by atoms with E-state index in [0.717, 1.165) is 25.3 Å². The number of hydrogen-bond donors (Lipinski definition) is 1. The number of rotatable bonds is 7. The average Bonchev–Trinajstić information content (AvgIpc) is 3.17. The van der Waals surface area contributed by atoms with Crippen LogP contribution in [0.2, 0.25) is 0 Å². The monoisotopic (exact) mass is 394 g/mol. The van der Waals surface area contributed by atoms with E-state index in [-0.39, 0.29) is 11.2 Å². The van der Waals surface area contributed by atoms with Crippen molar-refractivity contribution in [3.05, 3.63) is 23.2 Å².